The Labute approximate surface area is 77.7 Å². The molecule has 0 aromatic heterocycles. The molecule has 1 atom stereocenters. The lowest BCUT2D eigenvalue weighted by atomic mass is 9.84. The summed E-state index contributed by atoms with van der Waals surface area (Å²) in [7, 11) is 0. The van der Waals surface area contributed by atoms with Crippen molar-refractivity contribution < 1.29 is 0 Å². The zero-order valence-electron chi connectivity index (χ0n) is 8.97. The van der Waals surface area contributed by atoms with Gasteiger partial charge in [0.25, 0.3) is 0 Å². The van der Waals surface area contributed by atoms with Gasteiger partial charge in [0.1, 0.15) is 0 Å². The smallest absolute Gasteiger partial charge is 0.0391 e. The first-order valence-electron chi connectivity index (χ1n) is 5.74. The van der Waals surface area contributed by atoms with Crippen molar-refractivity contribution in [3.8, 4) is 0 Å². The zero-order valence-corrected chi connectivity index (χ0v) is 8.97. The molecule has 0 nitrogen and oxygen atoms in total. The van der Waals surface area contributed by atoms with Crippen molar-refractivity contribution in [1.82, 2.24) is 0 Å². The van der Waals surface area contributed by atoms with Crippen LogP contribution in [0.25, 0.3) is 0 Å². The van der Waals surface area contributed by atoms with Crippen LogP contribution in [-0.4, -0.2) is 0 Å². The molecular weight excluding hydrogens is 144 g/mol. The van der Waals surface area contributed by atoms with Gasteiger partial charge in [-0.3, -0.25) is 0 Å². The van der Waals surface area contributed by atoms with Gasteiger partial charge in [-0.05, 0) is 24.2 Å². The van der Waals surface area contributed by atoms with Gasteiger partial charge in [-0.15, -0.1) is 0 Å². The maximum Gasteiger partial charge on any atom is -0.0391 e. The summed E-state index contributed by atoms with van der Waals surface area (Å²) in [4.78, 5) is 0. The molecule has 1 aliphatic rings. The van der Waals surface area contributed by atoms with Crippen molar-refractivity contribution in [3.63, 3.8) is 0 Å². The van der Waals surface area contributed by atoms with Crippen LogP contribution in [0.3, 0.4) is 0 Å². The topological polar surface area (TPSA) is 0 Å². The van der Waals surface area contributed by atoms with E-state index in [0.29, 0.717) is 0 Å². The molecule has 12 heavy (non-hydrogen) atoms. The summed E-state index contributed by atoms with van der Waals surface area (Å²) >= 11 is 0. The van der Waals surface area contributed by atoms with Crippen LogP contribution in [0.1, 0.15) is 59.3 Å². The van der Waals surface area contributed by atoms with Gasteiger partial charge in [-0.2, -0.15) is 0 Å². The fourth-order valence-electron chi connectivity index (χ4n) is 2.58. The van der Waals surface area contributed by atoms with Gasteiger partial charge < -0.3 is 0 Å². The highest BCUT2D eigenvalue weighted by Gasteiger charge is 2.20. The summed E-state index contributed by atoms with van der Waals surface area (Å²) < 4.78 is 0. The normalized spacial score (nSPS) is 22.0. The number of hydrogen-bond acceptors (Lipinski definition) is 0. The minimum atomic E-state index is 0.899. The summed E-state index contributed by atoms with van der Waals surface area (Å²) in [5.41, 5.74) is 0. The molecule has 0 aliphatic heterocycles. The Morgan fingerprint density at radius 1 is 1.17 bits per heavy atom. The largest absolute Gasteiger partial charge is 0.0651 e. The predicted octanol–water partition coefficient (Wildman–Crippen LogP) is 4.25. The molecule has 0 radical (unpaired) electrons. The van der Waals surface area contributed by atoms with Crippen molar-refractivity contribution in [2.45, 2.75) is 59.3 Å². The lowest BCUT2D eigenvalue weighted by molar-refractivity contribution is 0.290. The average molecular weight is 168 g/mol. The van der Waals surface area contributed by atoms with Gasteiger partial charge in [0.05, 0.1) is 0 Å². The summed E-state index contributed by atoms with van der Waals surface area (Å²) in [6.07, 6.45) is 8.92. The van der Waals surface area contributed by atoms with Crippen molar-refractivity contribution in [2.75, 3.05) is 0 Å². The molecule has 1 saturated carbocycles. The average Bonchev–Trinajstić information content (AvgIpc) is 2.51. The predicted molar refractivity (Wildman–Crippen MR) is 55.2 cm³/mol. The standard InChI is InChI=1S/C12H24/c1-4-12(10(2)3)9-11-7-5-6-8-11/h10-12H,4-9H2,1-3H3. The summed E-state index contributed by atoms with van der Waals surface area (Å²) in [6.45, 7) is 7.10. The Morgan fingerprint density at radius 2 is 1.75 bits per heavy atom. The summed E-state index contributed by atoms with van der Waals surface area (Å²) in [5.74, 6) is 2.97. The maximum atomic E-state index is 2.38. The Bertz CT molecular complexity index is 109. The molecule has 1 rings (SSSR count). The first-order chi connectivity index (χ1) is 5.74. The van der Waals surface area contributed by atoms with E-state index in [1.54, 1.807) is 0 Å². The van der Waals surface area contributed by atoms with E-state index < -0.39 is 0 Å². The third kappa shape index (κ3) is 2.80. The quantitative estimate of drug-likeness (QED) is 0.588. The summed E-state index contributed by atoms with van der Waals surface area (Å²) in [6, 6.07) is 0. The number of hydrogen-bond donors (Lipinski definition) is 0. The molecule has 0 bridgehead atoms. The fraction of sp³-hybridized carbons (Fsp3) is 1.00. The highest BCUT2D eigenvalue weighted by Crippen LogP contribution is 2.33. The van der Waals surface area contributed by atoms with Crippen LogP contribution < -0.4 is 0 Å². The molecule has 1 aliphatic carbocycles. The van der Waals surface area contributed by atoms with E-state index >= 15 is 0 Å². The second-order valence-electron chi connectivity index (χ2n) is 4.80. The van der Waals surface area contributed by atoms with Crippen LogP contribution in [0.5, 0.6) is 0 Å². The molecule has 0 amide bonds. The molecule has 0 heterocycles. The molecule has 0 N–H and O–H groups in total. The molecule has 0 heteroatoms. The van der Waals surface area contributed by atoms with Gasteiger partial charge in [-0.1, -0.05) is 52.9 Å². The SMILES string of the molecule is CCC(CC1CCCC1)C(C)C. The second kappa shape index (κ2) is 4.89. The first kappa shape index (κ1) is 10.1. The van der Waals surface area contributed by atoms with Crippen LogP contribution >= 0.6 is 0 Å². The highest BCUT2D eigenvalue weighted by molar-refractivity contribution is 4.72. The molecule has 0 saturated heterocycles. The lowest BCUT2D eigenvalue weighted by Crippen LogP contribution is -2.11. The molecule has 1 unspecified atom stereocenters. The second-order valence-corrected chi connectivity index (χ2v) is 4.80. The van der Waals surface area contributed by atoms with Crippen molar-refractivity contribution in [2.24, 2.45) is 17.8 Å². The first-order valence-corrected chi connectivity index (χ1v) is 5.74. The Balaban J connectivity index is 2.26. The van der Waals surface area contributed by atoms with E-state index in [0.717, 1.165) is 17.8 Å². The Kier molecular flexibility index (Phi) is 4.11. The third-order valence-electron chi connectivity index (χ3n) is 3.58. The minimum Gasteiger partial charge on any atom is -0.0651 e. The highest BCUT2D eigenvalue weighted by atomic mass is 14.3. The molecule has 0 spiro atoms. The van der Waals surface area contributed by atoms with Crippen LogP contribution in [0, 0.1) is 17.8 Å². The number of rotatable bonds is 4. The van der Waals surface area contributed by atoms with Crippen molar-refractivity contribution >= 4 is 0 Å². The zero-order chi connectivity index (χ0) is 8.97. The third-order valence-corrected chi connectivity index (χ3v) is 3.58. The van der Waals surface area contributed by atoms with Crippen LogP contribution in [0.15, 0.2) is 0 Å². The van der Waals surface area contributed by atoms with E-state index in [2.05, 4.69) is 20.8 Å². The maximum absolute atomic E-state index is 2.38. The Hall–Kier alpha value is 0. The molecule has 72 valence electrons. The van der Waals surface area contributed by atoms with E-state index in [-0.39, 0.29) is 0 Å². The van der Waals surface area contributed by atoms with Crippen molar-refractivity contribution in [3.05, 3.63) is 0 Å². The van der Waals surface area contributed by atoms with Gasteiger partial charge in [0.15, 0.2) is 0 Å². The van der Waals surface area contributed by atoms with E-state index in [4.69, 9.17) is 0 Å². The monoisotopic (exact) mass is 168 g/mol. The Morgan fingerprint density at radius 3 is 2.17 bits per heavy atom. The van der Waals surface area contributed by atoms with E-state index in [9.17, 15) is 0 Å². The van der Waals surface area contributed by atoms with Gasteiger partial charge in [0.2, 0.25) is 0 Å². The van der Waals surface area contributed by atoms with E-state index in [1.807, 2.05) is 0 Å². The molecule has 1 fully saturated rings. The van der Waals surface area contributed by atoms with Crippen LogP contribution in [0.2, 0.25) is 0 Å². The minimum absolute atomic E-state index is 0.899. The van der Waals surface area contributed by atoms with Gasteiger partial charge in [0, 0.05) is 0 Å². The lowest BCUT2D eigenvalue weighted by Gasteiger charge is -2.22. The molecule has 0 aromatic carbocycles. The molecule has 0 aromatic rings. The van der Waals surface area contributed by atoms with Gasteiger partial charge in [-0.25, -0.2) is 0 Å². The van der Waals surface area contributed by atoms with Crippen LogP contribution in [0.4, 0.5) is 0 Å². The summed E-state index contributed by atoms with van der Waals surface area (Å²) in [5, 5.41) is 0. The molecular formula is C12H24. The van der Waals surface area contributed by atoms with Crippen LogP contribution in [-0.2, 0) is 0 Å². The van der Waals surface area contributed by atoms with Crippen molar-refractivity contribution in [1.29, 1.82) is 0 Å². The van der Waals surface area contributed by atoms with E-state index in [1.165, 1.54) is 38.5 Å². The van der Waals surface area contributed by atoms with Gasteiger partial charge >= 0.3 is 0 Å². The fourth-order valence-corrected chi connectivity index (χ4v) is 2.58.